The highest BCUT2D eigenvalue weighted by Crippen LogP contribution is 2.16. The number of rotatable bonds is 9. The van der Waals surface area contributed by atoms with Crippen molar-refractivity contribution in [3.63, 3.8) is 0 Å². The number of carbonyl (C=O) groups excluding carboxylic acids is 1. The normalized spacial score (nSPS) is 10.9. The zero-order chi connectivity index (χ0) is 22.2. The van der Waals surface area contributed by atoms with Gasteiger partial charge in [-0.05, 0) is 28.8 Å². The summed E-state index contributed by atoms with van der Waals surface area (Å²) >= 11 is 6.03. The molecule has 0 atom stereocenters. The van der Waals surface area contributed by atoms with Crippen LogP contribution < -0.4 is 5.32 Å². The molecule has 162 valence electrons. The number of benzene rings is 3. The van der Waals surface area contributed by atoms with Crippen molar-refractivity contribution in [3.8, 4) is 0 Å². The van der Waals surface area contributed by atoms with E-state index in [0.29, 0.717) is 30.5 Å². The molecule has 0 fully saturated rings. The van der Waals surface area contributed by atoms with Crippen molar-refractivity contribution >= 4 is 17.5 Å². The fourth-order valence-electron chi connectivity index (χ4n) is 3.41. The third-order valence-electron chi connectivity index (χ3n) is 5.01. The first-order valence-electron chi connectivity index (χ1n) is 10.4. The summed E-state index contributed by atoms with van der Waals surface area (Å²) in [5, 5.41) is 3.59. The molecule has 1 N–H and O–H groups in total. The summed E-state index contributed by atoms with van der Waals surface area (Å²) in [5.41, 5.74) is 3.63. The van der Waals surface area contributed by atoms with E-state index >= 15 is 0 Å². The Labute approximate surface area is 192 Å². The van der Waals surface area contributed by atoms with E-state index in [1.807, 2.05) is 72.8 Å². The van der Waals surface area contributed by atoms with Crippen LogP contribution in [0.15, 0.2) is 95.6 Å². The minimum Gasteiger partial charge on any atom is -0.447 e. The van der Waals surface area contributed by atoms with Crippen LogP contribution in [0, 0.1) is 0 Å². The molecule has 1 aromatic heterocycles. The molecule has 0 bridgehead atoms. The van der Waals surface area contributed by atoms with E-state index in [-0.39, 0.29) is 11.6 Å². The van der Waals surface area contributed by atoms with E-state index in [1.165, 1.54) is 11.8 Å². The Morgan fingerprint density at radius 3 is 2.06 bits per heavy atom. The Hall–Kier alpha value is -3.41. The number of aromatic nitrogens is 1. The second-order valence-electron chi connectivity index (χ2n) is 7.55. The Morgan fingerprint density at radius 1 is 0.812 bits per heavy atom. The van der Waals surface area contributed by atoms with Crippen LogP contribution in [0.25, 0.3) is 0 Å². The molecule has 0 aliphatic heterocycles. The first-order chi connectivity index (χ1) is 15.7. The number of carbonyl (C=O) groups is 1. The molecule has 4 aromatic rings. The minimum atomic E-state index is -0.254. The summed E-state index contributed by atoms with van der Waals surface area (Å²) in [6, 6.07) is 27.8. The molecule has 0 aliphatic rings. The lowest BCUT2D eigenvalue weighted by molar-refractivity contribution is 0.0945. The zero-order valence-corrected chi connectivity index (χ0v) is 18.3. The maximum absolute atomic E-state index is 12.5. The molecule has 0 spiro atoms. The topological polar surface area (TPSA) is 58.4 Å². The standard InChI is InChI=1S/C26H24ClN3O2/c27-23-13-11-22(12-14-23)17-30(16-21-9-5-2-6-10-21)18-25-29-24(19-32-25)26(31)28-15-20-7-3-1-4-8-20/h1-14,19H,15-18H2,(H,28,31). The van der Waals surface area contributed by atoms with Gasteiger partial charge < -0.3 is 9.73 Å². The monoisotopic (exact) mass is 445 g/mol. The van der Waals surface area contributed by atoms with Gasteiger partial charge in [-0.15, -0.1) is 0 Å². The van der Waals surface area contributed by atoms with E-state index < -0.39 is 0 Å². The molecular formula is C26H24ClN3O2. The molecule has 6 heteroatoms. The molecule has 5 nitrogen and oxygen atoms in total. The Balaban J connectivity index is 1.42. The van der Waals surface area contributed by atoms with Crippen molar-refractivity contribution in [2.45, 2.75) is 26.2 Å². The molecule has 32 heavy (non-hydrogen) atoms. The average Bonchev–Trinajstić information content (AvgIpc) is 3.29. The Morgan fingerprint density at radius 2 is 1.41 bits per heavy atom. The van der Waals surface area contributed by atoms with Gasteiger partial charge in [0, 0.05) is 24.7 Å². The smallest absolute Gasteiger partial charge is 0.273 e. The summed E-state index contributed by atoms with van der Waals surface area (Å²) in [6.45, 7) is 2.34. The van der Waals surface area contributed by atoms with Gasteiger partial charge in [-0.1, -0.05) is 84.4 Å². The van der Waals surface area contributed by atoms with Crippen molar-refractivity contribution in [1.82, 2.24) is 15.2 Å². The van der Waals surface area contributed by atoms with Crippen molar-refractivity contribution in [2.24, 2.45) is 0 Å². The number of halogens is 1. The second kappa shape index (κ2) is 10.8. The van der Waals surface area contributed by atoms with E-state index in [2.05, 4.69) is 27.3 Å². The number of amides is 1. The zero-order valence-electron chi connectivity index (χ0n) is 17.6. The van der Waals surface area contributed by atoms with E-state index in [4.69, 9.17) is 16.0 Å². The van der Waals surface area contributed by atoms with Gasteiger partial charge in [-0.2, -0.15) is 0 Å². The van der Waals surface area contributed by atoms with Crippen LogP contribution in [0.1, 0.15) is 33.1 Å². The summed E-state index contributed by atoms with van der Waals surface area (Å²) in [7, 11) is 0. The lowest BCUT2D eigenvalue weighted by Gasteiger charge is -2.21. The highest BCUT2D eigenvalue weighted by molar-refractivity contribution is 6.30. The average molecular weight is 446 g/mol. The van der Waals surface area contributed by atoms with Crippen molar-refractivity contribution < 1.29 is 9.21 Å². The van der Waals surface area contributed by atoms with Gasteiger partial charge in [-0.25, -0.2) is 4.98 Å². The van der Waals surface area contributed by atoms with Gasteiger partial charge in [0.15, 0.2) is 5.69 Å². The van der Waals surface area contributed by atoms with Crippen molar-refractivity contribution in [1.29, 1.82) is 0 Å². The Bertz CT molecular complexity index is 1130. The number of oxazole rings is 1. The lowest BCUT2D eigenvalue weighted by Crippen LogP contribution is -2.24. The molecule has 4 rings (SSSR count). The molecule has 3 aromatic carbocycles. The predicted molar refractivity (Wildman–Crippen MR) is 125 cm³/mol. The fraction of sp³-hybridized carbons (Fsp3) is 0.154. The molecular weight excluding hydrogens is 422 g/mol. The number of hydrogen-bond acceptors (Lipinski definition) is 4. The lowest BCUT2D eigenvalue weighted by atomic mass is 10.1. The van der Waals surface area contributed by atoms with Gasteiger partial charge in [0.05, 0.1) is 6.54 Å². The SMILES string of the molecule is O=C(NCc1ccccc1)c1coc(CN(Cc2ccccc2)Cc2ccc(Cl)cc2)n1. The van der Waals surface area contributed by atoms with E-state index in [0.717, 1.165) is 17.7 Å². The highest BCUT2D eigenvalue weighted by Gasteiger charge is 2.16. The van der Waals surface area contributed by atoms with Crippen LogP contribution in [-0.2, 0) is 26.2 Å². The van der Waals surface area contributed by atoms with Gasteiger partial charge in [-0.3, -0.25) is 9.69 Å². The highest BCUT2D eigenvalue weighted by atomic mass is 35.5. The molecule has 0 saturated carbocycles. The first-order valence-corrected chi connectivity index (χ1v) is 10.8. The van der Waals surface area contributed by atoms with E-state index in [9.17, 15) is 4.79 Å². The third kappa shape index (κ3) is 6.30. The van der Waals surface area contributed by atoms with Crippen LogP contribution in [0.2, 0.25) is 5.02 Å². The maximum atomic E-state index is 12.5. The van der Waals surface area contributed by atoms with Crippen LogP contribution in [0.5, 0.6) is 0 Å². The summed E-state index contributed by atoms with van der Waals surface area (Å²) in [5.74, 6) is 0.246. The Kier molecular flexibility index (Phi) is 7.33. The molecule has 0 saturated heterocycles. The van der Waals surface area contributed by atoms with Crippen molar-refractivity contribution in [2.75, 3.05) is 0 Å². The first kappa shape index (κ1) is 21.8. The third-order valence-corrected chi connectivity index (χ3v) is 5.26. The van der Waals surface area contributed by atoms with Gasteiger partial charge in [0.2, 0.25) is 5.89 Å². The van der Waals surface area contributed by atoms with Gasteiger partial charge in [0.1, 0.15) is 6.26 Å². The number of nitrogens with one attached hydrogen (secondary N) is 1. The van der Waals surface area contributed by atoms with Crippen LogP contribution in [0.4, 0.5) is 0 Å². The summed E-state index contributed by atoms with van der Waals surface area (Å²) < 4.78 is 5.63. The maximum Gasteiger partial charge on any atom is 0.273 e. The molecule has 0 unspecified atom stereocenters. The number of hydrogen-bond donors (Lipinski definition) is 1. The second-order valence-corrected chi connectivity index (χ2v) is 7.99. The number of nitrogens with zero attached hydrogens (tertiary/aromatic N) is 2. The molecule has 1 amide bonds. The fourth-order valence-corrected chi connectivity index (χ4v) is 3.53. The largest absolute Gasteiger partial charge is 0.447 e. The molecule has 0 radical (unpaired) electrons. The summed E-state index contributed by atoms with van der Waals surface area (Å²) in [4.78, 5) is 19.1. The van der Waals surface area contributed by atoms with Crippen LogP contribution in [0.3, 0.4) is 0 Å². The minimum absolute atomic E-state index is 0.254. The van der Waals surface area contributed by atoms with Crippen LogP contribution in [-0.4, -0.2) is 15.8 Å². The summed E-state index contributed by atoms with van der Waals surface area (Å²) in [6.07, 6.45) is 1.42. The predicted octanol–water partition coefficient (Wildman–Crippen LogP) is 5.46. The molecule has 0 aliphatic carbocycles. The quantitative estimate of drug-likeness (QED) is 0.371. The van der Waals surface area contributed by atoms with Gasteiger partial charge in [0.25, 0.3) is 5.91 Å². The van der Waals surface area contributed by atoms with E-state index in [1.54, 1.807) is 0 Å². The molecule has 1 heterocycles. The van der Waals surface area contributed by atoms with Gasteiger partial charge >= 0.3 is 0 Å². The van der Waals surface area contributed by atoms with Crippen LogP contribution >= 0.6 is 11.6 Å². The van der Waals surface area contributed by atoms with Crippen molar-refractivity contribution in [3.05, 3.63) is 124 Å².